The molecule has 1 amide bonds. The molecule has 0 fully saturated rings. The zero-order valence-corrected chi connectivity index (χ0v) is 18.1. The number of sulfonamides is 1. The molecule has 12 heteroatoms. The van der Waals surface area contributed by atoms with Crippen molar-refractivity contribution in [3.05, 3.63) is 77.5 Å². The molecule has 31 heavy (non-hydrogen) atoms. The van der Waals surface area contributed by atoms with Crippen LogP contribution in [-0.4, -0.2) is 37.7 Å². The van der Waals surface area contributed by atoms with Gasteiger partial charge in [-0.25, -0.2) is 26.5 Å². The summed E-state index contributed by atoms with van der Waals surface area (Å²) in [5.74, 6) is -1.67. The molecule has 160 valence electrons. The van der Waals surface area contributed by atoms with Crippen molar-refractivity contribution in [3.63, 3.8) is 0 Å². The average molecular weight is 479 g/mol. The summed E-state index contributed by atoms with van der Waals surface area (Å²) in [6, 6.07) is 11.9. The number of aromatic amines is 2. The first-order valence-electron chi connectivity index (χ1n) is 8.81. The Balaban J connectivity index is 1.83. The molecule has 3 N–H and O–H groups in total. The third-order valence-electron chi connectivity index (χ3n) is 4.40. The third kappa shape index (κ3) is 4.20. The molecule has 2 aromatic heterocycles. The second-order valence-corrected chi connectivity index (χ2v) is 10.6. The van der Waals surface area contributed by atoms with Gasteiger partial charge in [0.25, 0.3) is 5.91 Å². The smallest absolute Gasteiger partial charge is 0.282 e. The van der Waals surface area contributed by atoms with E-state index in [1.54, 1.807) is 18.2 Å². The van der Waals surface area contributed by atoms with Gasteiger partial charge in [0.15, 0.2) is 0 Å². The molecule has 0 bridgehead atoms. The van der Waals surface area contributed by atoms with E-state index >= 15 is 0 Å². The molecule has 0 unspecified atom stereocenters. The number of imidazole rings is 1. The van der Waals surface area contributed by atoms with Crippen LogP contribution in [0.5, 0.6) is 0 Å². The number of hydrogen-bond donors (Lipinski definition) is 3. The maximum Gasteiger partial charge on any atom is 0.282 e. The van der Waals surface area contributed by atoms with Crippen LogP contribution >= 0.6 is 11.6 Å². The van der Waals surface area contributed by atoms with Gasteiger partial charge in [-0.15, -0.1) is 0 Å². The van der Waals surface area contributed by atoms with E-state index in [1.807, 2.05) is 4.72 Å². The highest BCUT2D eigenvalue weighted by Crippen LogP contribution is 2.33. The van der Waals surface area contributed by atoms with Crippen LogP contribution in [0.15, 0.2) is 70.8 Å². The van der Waals surface area contributed by atoms with Crippen LogP contribution in [0, 0.1) is 0 Å². The highest BCUT2D eigenvalue weighted by molar-refractivity contribution is 7.92. The van der Waals surface area contributed by atoms with Crippen LogP contribution in [0.1, 0.15) is 16.2 Å². The number of aromatic nitrogens is 3. The van der Waals surface area contributed by atoms with E-state index in [2.05, 4.69) is 15.0 Å². The Morgan fingerprint density at radius 2 is 1.81 bits per heavy atom. The number of carbonyl (C=O) groups excluding carboxylic acids is 1. The average Bonchev–Trinajstić information content (AvgIpc) is 3.35. The van der Waals surface area contributed by atoms with Crippen LogP contribution in [0.4, 0.5) is 0 Å². The van der Waals surface area contributed by atoms with Crippen LogP contribution in [0.3, 0.4) is 0 Å². The van der Waals surface area contributed by atoms with Gasteiger partial charge >= 0.3 is 0 Å². The fourth-order valence-corrected chi connectivity index (χ4v) is 5.89. The molecule has 0 saturated heterocycles. The van der Waals surface area contributed by atoms with Crippen molar-refractivity contribution < 1.29 is 21.6 Å². The molecule has 4 rings (SSSR count). The maximum absolute atomic E-state index is 13.4. The number of benzene rings is 2. The lowest BCUT2D eigenvalue weighted by Crippen LogP contribution is -2.32. The van der Waals surface area contributed by atoms with Gasteiger partial charge in [0, 0.05) is 22.1 Å². The second kappa shape index (κ2) is 7.84. The molecule has 9 nitrogen and oxygen atoms in total. The molecule has 0 radical (unpaired) electrons. The number of hydrogen-bond acceptors (Lipinski definition) is 6. The Morgan fingerprint density at radius 3 is 2.48 bits per heavy atom. The molecule has 4 aromatic rings. The first-order valence-corrected chi connectivity index (χ1v) is 12.3. The van der Waals surface area contributed by atoms with E-state index in [9.17, 15) is 21.6 Å². The summed E-state index contributed by atoms with van der Waals surface area (Å²) >= 11 is 6.05. The van der Waals surface area contributed by atoms with Gasteiger partial charge in [-0.3, -0.25) is 4.79 Å². The molecule has 0 aliphatic carbocycles. The number of amides is 1. The SMILES string of the molecule is O=C(NS(=O)(=O)Cc1c[nH]cn1)c1[nH]c2ccc(Cl)cc2c1S(=O)(=O)c1ccccc1. The zero-order valence-electron chi connectivity index (χ0n) is 15.7. The number of H-pyrrole nitrogens is 2. The van der Waals surface area contributed by atoms with Crippen LogP contribution in [0.25, 0.3) is 10.9 Å². The number of nitrogens with one attached hydrogen (secondary N) is 3. The van der Waals surface area contributed by atoms with Crippen LogP contribution in [-0.2, 0) is 25.6 Å². The predicted molar refractivity (Wildman–Crippen MR) is 114 cm³/mol. The quantitative estimate of drug-likeness (QED) is 0.389. The minimum Gasteiger partial charge on any atom is -0.351 e. The minimum absolute atomic E-state index is 0.0516. The van der Waals surface area contributed by atoms with Crippen molar-refractivity contribution in [3.8, 4) is 0 Å². The number of fused-ring (bicyclic) bond motifs is 1. The molecule has 0 spiro atoms. The fraction of sp³-hybridized carbons (Fsp3) is 0.0526. The van der Waals surface area contributed by atoms with Crippen molar-refractivity contribution in [1.82, 2.24) is 19.7 Å². The van der Waals surface area contributed by atoms with E-state index in [0.29, 0.717) is 5.52 Å². The Labute approximate surface area is 182 Å². The van der Waals surface area contributed by atoms with Crippen molar-refractivity contribution in [1.29, 1.82) is 0 Å². The van der Waals surface area contributed by atoms with Gasteiger partial charge in [-0.05, 0) is 30.3 Å². The number of carbonyl (C=O) groups is 1. The van der Waals surface area contributed by atoms with Crippen molar-refractivity contribution in [2.75, 3.05) is 0 Å². The number of nitrogens with zero attached hydrogens (tertiary/aromatic N) is 1. The molecule has 2 heterocycles. The molecular formula is C19H15ClN4O5S2. The van der Waals surface area contributed by atoms with Gasteiger partial charge in [0.1, 0.15) is 16.3 Å². The van der Waals surface area contributed by atoms with Crippen molar-refractivity contribution in [2.24, 2.45) is 0 Å². The van der Waals surface area contributed by atoms with Gasteiger partial charge in [-0.1, -0.05) is 29.8 Å². The Morgan fingerprint density at radius 1 is 1.06 bits per heavy atom. The van der Waals surface area contributed by atoms with Crippen molar-refractivity contribution in [2.45, 2.75) is 15.5 Å². The highest BCUT2D eigenvalue weighted by atomic mass is 35.5. The van der Waals surface area contributed by atoms with Crippen LogP contribution < -0.4 is 4.72 Å². The summed E-state index contributed by atoms with van der Waals surface area (Å²) in [4.78, 5) is 21.6. The van der Waals surface area contributed by atoms with E-state index < -0.39 is 37.2 Å². The van der Waals surface area contributed by atoms with E-state index in [4.69, 9.17) is 11.6 Å². The summed E-state index contributed by atoms with van der Waals surface area (Å²) in [6.07, 6.45) is 2.68. The van der Waals surface area contributed by atoms with Gasteiger partial charge in [0.05, 0.1) is 16.9 Å². The van der Waals surface area contributed by atoms with E-state index in [-0.39, 0.29) is 25.9 Å². The van der Waals surface area contributed by atoms with Gasteiger partial charge in [-0.2, -0.15) is 0 Å². The first kappa shape index (κ1) is 21.1. The predicted octanol–water partition coefficient (Wildman–Crippen LogP) is 2.64. The van der Waals surface area contributed by atoms with E-state index in [0.717, 1.165) is 0 Å². The maximum atomic E-state index is 13.4. The summed E-state index contributed by atoms with van der Waals surface area (Å²) in [5.41, 5.74) is 0.0985. The normalized spacial score (nSPS) is 12.2. The fourth-order valence-electron chi connectivity index (χ4n) is 3.09. The second-order valence-electron chi connectivity index (χ2n) is 6.59. The minimum atomic E-state index is -4.18. The summed E-state index contributed by atoms with van der Waals surface area (Å²) in [7, 11) is -8.33. The molecule has 0 aliphatic heterocycles. The topological polar surface area (TPSA) is 142 Å². The third-order valence-corrected chi connectivity index (χ3v) is 7.66. The Hall–Kier alpha value is -3.15. The van der Waals surface area contributed by atoms with E-state index in [1.165, 1.54) is 42.9 Å². The molecule has 0 saturated carbocycles. The lowest BCUT2D eigenvalue weighted by Gasteiger charge is -2.08. The number of rotatable bonds is 6. The number of sulfone groups is 1. The number of halogens is 1. The lowest BCUT2D eigenvalue weighted by atomic mass is 10.2. The van der Waals surface area contributed by atoms with Crippen molar-refractivity contribution >= 4 is 48.3 Å². The monoisotopic (exact) mass is 478 g/mol. The van der Waals surface area contributed by atoms with Gasteiger partial charge < -0.3 is 9.97 Å². The summed E-state index contributed by atoms with van der Waals surface area (Å²) in [6.45, 7) is 0. The summed E-state index contributed by atoms with van der Waals surface area (Å²) < 4.78 is 53.4. The molecule has 0 aliphatic rings. The Bertz CT molecular complexity index is 1480. The lowest BCUT2D eigenvalue weighted by molar-refractivity contribution is 0.0974. The molecule has 2 aromatic carbocycles. The molecule has 0 atom stereocenters. The first-order chi connectivity index (χ1) is 14.7. The molecular weight excluding hydrogens is 464 g/mol. The van der Waals surface area contributed by atoms with Crippen LogP contribution in [0.2, 0.25) is 5.02 Å². The summed E-state index contributed by atoms with van der Waals surface area (Å²) in [5, 5.41) is 0.431. The highest BCUT2D eigenvalue weighted by Gasteiger charge is 2.31. The largest absolute Gasteiger partial charge is 0.351 e. The van der Waals surface area contributed by atoms with Gasteiger partial charge in [0.2, 0.25) is 19.9 Å². The standard InChI is InChI=1S/C19H15ClN4O5S2/c20-12-6-7-16-15(8-12)18(31(28,29)14-4-2-1-3-5-14)17(23-16)19(25)24-30(26,27)10-13-9-21-11-22-13/h1-9,11,23H,10H2,(H,21,22)(H,24,25). The Kier molecular flexibility index (Phi) is 5.33. The zero-order chi connectivity index (χ0) is 22.2.